The van der Waals surface area contributed by atoms with Crippen LogP contribution >= 0.6 is 0 Å². The highest BCUT2D eigenvalue weighted by Gasteiger charge is 2.32. The summed E-state index contributed by atoms with van der Waals surface area (Å²) >= 11 is 0. The van der Waals surface area contributed by atoms with E-state index < -0.39 is 35.2 Å². The Labute approximate surface area is 445 Å². The quantitative estimate of drug-likeness (QED) is 0.149. The third-order valence-electron chi connectivity index (χ3n) is 14.6. The average molecular weight is 1060 g/mol. The fraction of sp³-hybridized carbons (Fsp3) is 0.0606. The number of nitriles is 2. The second kappa shape index (κ2) is 18.7. The van der Waals surface area contributed by atoms with E-state index in [9.17, 15) is 50.0 Å². The Hall–Kier alpha value is -9.85. The van der Waals surface area contributed by atoms with Gasteiger partial charge in [-0.2, -0.15) is 50.0 Å². The van der Waals surface area contributed by atoms with Crippen LogP contribution in [-0.2, 0) is 18.5 Å². The van der Waals surface area contributed by atoms with Gasteiger partial charge in [0, 0.05) is 21.5 Å². The van der Waals surface area contributed by atoms with E-state index in [2.05, 4.69) is 18.2 Å². The van der Waals surface area contributed by atoms with Gasteiger partial charge in [-0.05, 0) is 172 Å². The van der Waals surface area contributed by atoms with E-state index >= 15 is 0 Å². The molecule has 0 N–H and O–H groups in total. The maximum atomic E-state index is 13.6. The van der Waals surface area contributed by atoms with E-state index in [-0.39, 0.29) is 0 Å². The Bertz CT molecular complexity index is 4380. The first-order valence-corrected chi connectivity index (χ1v) is 24.7. The van der Waals surface area contributed by atoms with Gasteiger partial charge in [-0.3, -0.25) is 0 Å². The van der Waals surface area contributed by atoms with Crippen molar-refractivity contribution < 1.29 is 39.5 Å². The zero-order valence-corrected chi connectivity index (χ0v) is 41.3. The number of aromatic nitrogens is 2. The van der Waals surface area contributed by atoms with Crippen LogP contribution in [0.3, 0.4) is 0 Å². The number of nitrogens with zero attached hydrogens (tertiary/aromatic N) is 4. The van der Waals surface area contributed by atoms with Crippen LogP contribution in [0.1, 0.15) is 33.4 Å². The Morgan fingerprint density at radius 1 is 0.291 bits per heavy atom. The summed E-state index contributed by atoms with van der Waals surface area (Å²) in [6.45, 7) is 2.01. The summed E-state index contributed by atoms with van der Waals surface area (Å²) in [6.07, 6.45) is -13.6. The Kier molecular flexibility index (Phi) is 11.8. The number of benzene rings is 10. The summed E-state index contributed by atoms with van der Waals surface area (Å²) in [7, 11) is 0. The first-order chi connectivity index (χ1) is 37.8. The standard InChI is InChI=1S/C66H37F9N4/c1-38-2-4-39(5-3-38)43-16-26-58-54(30-43)55-31-44(40-10-20-51(21-11-40)64(67,68)69)17-27-59(55)78(58)62-34-47(6-8-49(62)36-76)48-7-9-50(37-77)63(35-48)79-60-28-18-45(41-12-22-52(23-13-41)65(70,71)72)32-56(60)57-33-46(19-29-61(57)79)42-14-24-53(25-15-42)66(73,74)75/h2-35H,1H3. The number of hydrogen-bond acceptors (Lipinski definition) is 2. The van der Waals surface area contributed by atoms with Crippen LogP contribution in [-0.4, -0.2) is 9.13 Å². The summed E-state index contributed by atoms with van der Waals surface area (Å²) < 4.78 is 126. The predicted octanol–water partition coefficient (Wildman–Crippen LogP) is 19.3. The zero-order chi connectivity index (χ0) is 55.1. The fourth-order valence-corrected chi connectivity index (χ4v) is 10.6. The summed E-state index contributed by atoms with van der Waals surface area (Å²) in [5.41, 5.74) is 9.95. The van der Waals surface area contributed by atoms with Crippen LogP contribution in [0.15, 0.2) is 206 Å². The van der Waals surface area contributed by atoms with Gasteiger partial charge in [0.05, 0.1) is 61.3 Å². The maximum absolute atomic E-state index is 13.6. The van der Waals surface area contributed by atoms with Crippen molar-refractivity contribution in [3.05, 3.63) is 240 Å². The molecule has 2 heterocycles. The molecule has 0 unspecified atom stereocenters. The molecule has 79 heavy (non-hydrogen) atoms. The lowest BCUT2D eigenvalue weighted by molar-refractivity contribution is -0.138. The van der Waals surface area contributed by atoms with E-state index in [0.717, 1.165) is 74.9 Å². The van der Waals surface area contributed by atoms with Crippen LogP contribution in [0.2, 0.25) is 0 Å². The highest BCUT2D eigenvalue weighted by Crippen LogP contribution is 2.43. The van der Waals surface area contributed by atoms with Crippen LogP contribution in [0.25, 0.3) is 111 Å². The smallest absolute Gasteiger partial charge is 0.308 e. The molecule has 2 aromatic heterocycles. The van der Waals surface area contributed by atoms with Crippen LogP contribution in [0.5, 0.6) is 0 Å². The van der Waals surface area contributed by atoms with Gasteiger partial charge < -0.3 is 9.13 Å². The van der Waals surface area contributed by atoms with Gasteiger partial charge in [0.25, 0.3) is 0 Å². The molecule has 0 atom stereocenters. The molecule has 0 fully saturated rings. The molecule has 4 nitrogen and oxygen atoms in total. The van der Waals surface area contributed by atoms with Crippen molar-refractivity contribution in [1.29, 1.82) is 10.5 Å². The summed E-state index contributed by atoms with van der Waals surface area (Å²) in [5.74, 6) is 0. The van der Waals surface area contributed by atoms with Gasteiger partial charge in [-0.15, -0.1) is 0 Å². The van der Waals surface area contributed by atoms with Crippen molar-refractivity contribution in [2.45, 2.75) is 25.5 Å². The van der Waals surface area contributed by atoms with Crippen LogP contribution in [0, 0.1) is 29.6 Å². The minimum absolute atomic E-state index is 0.297. The van der Waals surface area contributed by atoms with Crippen molar-refractivity contribution >= 4 is 43.6 Å². The molecule has 0 saturated carbocycles. The average Bonchev–Trinajstić information content (AvgIpc) is 3.99. The Morgan fingerprint density at radius 2 is 0.519 bits per heavy atom. The van der Waals surface area contributed by atoms with Crippen molar-refractivity contribution in [1.82, 2.24) is 9.13 Å². The molecule has 0 bridgehead atoms. The number of halogens is 9. The third-order valence-corrected chi connectivity index (χ3v) is 14.6. The second-order valence-electron chi connectivity index (χ2n) is 19.4. The molecule has 12 aromatic rings. The molecule has 0 aliphatic rings. The molecule has 13 heteroatoms. The van der Waals surface area contributed by atoms with E-state index in [0.29, 0.717) is 88.8 Å². The lowest BCUT2D eigenvalue weighted by Gasteiger charge is -2.15. The molecule has 384 valence electrons. The van der Waals surface area contributed by atoms with E-state index in [1.165, 1.54) is 36.4 Å². The fourth-order valence-electron chi connectivity index (χ4n) is 10.6. The molecule has 12 rings (SSSR count). The minimum atomic E-state index is -4.54. The van der Waals surface area contributed by atoms with Gasteiger partial charge in [0.15, 0.2) is 0 Å². The molecular weight excluding hydrogens is 1020 g/mol. The lowest BCUT2D eigenvalue weighted by Crippen LogP contribution is -2.04. The lowest BCUT2D eigenvalue weighted by atomic mass is 9.99. The number of fused-ring (bicyclic) bond motifs is 6. The molecule has 0 radical (unpaired) electrons. The highest BCUT2D eigenvalue weighted by atomic mass is 19.4. The van der Waals surface area contributed by atoms with E-state index in [4.69, 9.17) is 0 Å². The summed E-state index contributed by atoms with van der Waals surface area (Å²) in [6, 6.07) is 60.9. The largest absolute Gasteiger partial charge is 0.416 e. The topological polar surface area (TPSA) is 57.4 Å². The molecule has 0 amide bonds. The zero-order valence-electron chi connectivity index (χ0n) is 41.3. The highest BCUT2D eigenvalue weighted by molar-refractivity contribution is 6.13. The summed E-state index contributed by atoms with van der Waals surface area (Å²) in [4.78, 5) is 0. The van der Waals surface area contributed by atoms with Gasteiger partial charge in [-0.25, -0.2) is 0 Å². The van der Waals surface area contributed by atoms with Gasteiger partial charge in [0.2, 0.25) is 0 Å². The number of aryl methyl sites for hydroxylation is 1. The molecule has 0 spiro atoms. The molecule has 0 aliphatic carbocycles. The maximum Gasteiger partial charge on any atom is 0.416 e. The predicted molar refractivity (Wildman–Crippen MR) is 291 cm³/mol. The monoisotopic (exact) mass is 1060 g/mol. The molecule has 0 saturated heterocycles. The van der Waals surface area contributed by atoms with Crippen LogP contribution < -0.4 is 0 Å². The number of hydrogen-bond donors (Lipinski definition) is 0. The molecule has 10 aromatic carbocycles. The minimum Gasteiger partial charge on any atom is -0.308 e. The Morgan fingerprint density at radius 3 is 0.772 bits per heavy atom. The molecule has 0 aliphatic heterocycles. The second-order valence-corrected chi connectivity index (χ2v) is 19.4. The third kappa shape index (κ3) is 8.99. The van der Waals surface area contributed by atoms with Crippen molar-refractivity contribution in [2.24, 2.45) is 0 Å². The Balaban J connectivity index is 1.03. The SMILES string of the molecule is Cc1ccc(-c2ccc3c(c2)c2cc(-c4ccc(C(F)(F)F)cc4)ccc2n3-c2cc(-c3ccc(C#N)c(-n4c5ccc(-c6ccc(C(F)(F)F)cc6)cc5c5cc(-c6ccc(C(F)(F)F)cc6)ccc54)c3)ccc2C#N)cc1. The van der Waals surface area contributed by atoms with Crippen molar-refractivity contribution in [3.8, 4) is 79.1 Å². The van der Waals surface area contributed by atoms with Crippen molar-refractivity contribution in [2.75, 3.05) is 0 Å². The first kappa shape index (κ1) is 50.0. The summed E-state index contributed by atoms with van der Waals surface area (Å²) in [5, 5.41) is 24.4. The van der Waals surface area contributed by atoms with Gasteiger partial charge in [0.1, 0.15) is 12.1 Å². The number of alkyl halides is 9. The van der Waals surface area contributed by atoms with Crippen LogP contribution in [0.4, 0.5) is 39.5 Å². The van der Waals surface area contributed by atoms with Gasteiger partial charge >= 0.3 is 18.5 Å². The van der Waals surface area contributed by atoms with E-state index in [1.54, 1.807) is 24.3 Å². The normalized spacial score (nSPS) is 12.2. The number of rotatable bonds is 7. The molecular formula is C66H37F9N4. The van der Waals surface area contributed by atoms with Gasteiger partial charge in [-0.1, -0.05) is 103 Å². The van der Waals surface area contributed by atoms with Crippen molar-refractivity contribution in [3.63, 3.8) is 0 Å². The first-order valence-electron chi connectivity index (χ1n) is 24.7. The van der Waals surface area contributed by atoms with E-state index in [1.807, 2.05) is 119 Å².